The molecule has 1 N–H and O–H groups in total. The van der Waals surface area contributed by atoms with E-state index < -0.39 is 0 Å². The van der Waals surface area contributed by atoms with Gasteiger partial charge in [0.1, 0.15) is 11.3 Å². The number of benzene rings is 2. The molecule has 0 unspecified atom stereocenters. The average molecular weight is 479 g/mol. The molecule has 0 aliphatic heterocycles. The quantitative estimate of drug-likeness (QED) is 0.329. The zero-order valence-corrected chi connectivity index (χ0v) is 20.4. The van der Waals surface area contributed by atoms with Crippen molar-refractivity contribution in [1.82, 2.24) is 29.9 Å². The monoisotopic (exact) mass is 478 g/mol. The summed E-state index contributed by atoms with van der Waals surface area (Å²) in [5.74, 6) is 1.86. The Morgan fingerprint density at radius 3 is 2.62 bits per heavy atom. The number of aryl methyl sites for hydroxylation is 2. The van der Waals surface area contributed by atoms with Gasteiger partial charge in [-0.2, -0.15) is 11.8 Å². The normalized spacial score (nSPS) is 12.3. The molecule has 2 heterocycles. The Labute approximate surface area is 202 Å². The first kappa shape index (κ1) is 23.9. The van der Waals surface area contributed by atoms with Crippen LogP contribution in [0.1, 0.15) is 44.0 Å². The van der Waals surface area contributed by atoms with Gasteiger partial charge in [0.25, 0.3) is 5.56 Å². The van der Waals surface area contributed by atoms with Gasteiger partial charge in [-0.05, 0) is 55.5 Å². The van der Waals surface area contributed by atoms with E-state index in [2.05, 4.69) is 26.5 Å². The summed E-state index contributed by atoms with van der Waals surface area (Å²) in [5.41, 5.74) is 2.49. The Kier molecular flexibility index (Phi) is 7.95. The SMILES string of the molecule is CSCC[C@H](NC(=O)CCCCCn1nnc2ccccc2c1=O)c1nc2ccccc2n1C. The number of amides is 1. The number of carbonyl (C=O) groups excluding carboxylic acids is 1. The van der Waals surface area contributed by atoms with Crippen molar-refractivity contribution in [3.63, 3.8) is 0 Å². The third kappa shape index (κ3) is 5.47. The Morgan fingerprint density at radius 2 is 1.82 bits per heavy atom. The van der Waals surface area contributed by atoms with Crippen LogP contribution in [-0.2, 0) is 18.4 Å². The van der Waals surface area contributed by atoms with Crippen molar-refractivity contribution in [2.24, 2.45) is 7.05 Å². The molecule has 8 nitrogen and oxygen atoms in total. The maximum atomic E-state index is 12.7. The van der Waals surface area contributed by atoms with Gasteiger partial charge in [0, 0.05) is 20.0 Å². The molecule has 0 saturated heterocycles. The Hall–Kier alpha value is -3.20. The summed E-state index contributed by atoms with van der Waals surface area (Å²) in [6.45, 7) is 0.495. The number of hydrogen-bond acceptors (Lipinski definition) is 6. The lowest BCUT2D eigenvalue weighted by molar-refractivity contribution is -0.122. The summed E-state index contributed by atoms with van der Waals surface area (Å²) >= 11 is 1.76. The van der Waals surface area contributed by atoms with Crippen LogP contribution in [0.5, 0.6) is 0 Å². The highest BCUT2D eigenvalue weighted by atomic mass is 32.2. The molecule has 0 bridgehead atoms. The molecular formula is C25H30N6O2S. The number of rotatable bonds is 11. The first-order valence-corrected chi connectivity index (χ1v) is 13.0. The Morgan fingerprint density at radius 1 is 1.06 bits per heavy atom. The zero-order chi connectivity index (χ0) is 23.9. The van der Waals surface area contributed by atoms with E-state index in [1.54, 1.807) is 23.9 Å². The molecule has 1 amide bonds. The van der Waals surface area contributed by atoms with Gasteiger partial charge in [0.05, 0.1) is 22.5 Å². The standard InChI is InChI=1S/C25H30N6O2S/c1-30-22-13-8-7-12-20(22)27-24(30)21(15-17-34-2)26-23(32)14-4-3-9-16-31-25(33)18-10-5-6-11-19(18)28-29-31/h5-8,10-13,21H,3-4,9,14-17H2,1-2H3,(H,26,32)/t21-/m0/s1. The summed E-state index contributed by atoms with van der Waals surface area (Å²) in [4.78, 5) is 30.0. The molecule has 1 atom stereocenters. The largest absolute Gasteiger partial charge is 0.346 e. The van der Waals surface area contributed by atoms with Crippen LogP contribution >= 0.6 is 11.8 Å². The van der Waals surface area contributed by atoms with Gasteiger partial charge in [-0.15, -0.1) is 5.10 Å². The second kappa shape index (κ2) is 11.3. The molecule has 178 valence electrons. The minimum atomic E-state index is -0.123. The number of fused-ring (bicyclic) bond motifs is 2. The Bertz CT molecular complexity index is 1330. The maximum Gasteiger partial charge on any atom is 0.277 e. The van der Waals surface area contributed by atoms with Crippen LogP contribution in [0.4, 0.5) is 0 Å². The fourth-order valence-electron chi connectivity index (χ4n) is 4.14. The summed E-state index contributed by atoms with van der Waals surface area (Å²) in [6, 6.07) is 15.1. The summed E-state index contributed by atoms with van der Waals surface area (Å²) in [7, 11) is 2.00. The van der Waals surface area contributed by atoms with Gasteiger partial charge in [0.15, 0.2) is 0 Å². The van der Waals surface area contributed by atoms with Gasteiger partial charge < -0.3 is 9.88 Å². The van der Waals surface area contributed by atoms with Crippen molar-refractivity contribution in [2.75, 3.05) is 12.0 Å². The first-order valence-electron chi connectivity index (χ1n) is 11.6. The smallest absolute Gasteiger partial charge is 0.277 e. The van der Waals surface area contributed by atoms with Gasteiger partial charge in [-0.25, -0.2) is 9.67 Å². The van der Waals surface area contributed by atoms with Crippen LogP contribution in [0.3, 0.4) is 0 Å². The highest BCUT2D eigenvalue weighted by molar-refractivity contribution is 7.98. The van der Waals surface area contributed by atoms with Crippen LogP contribution in [0.15, 0.2) is 53.3 Å². The fourth-order valence-corrected chi connectivity index (χ4v) is 4.61. The van der Waals surface area contributed by atoms with Gasteiger partial charge in [-0.1, -0.05) is 35.9 Å². The predicted molar refractivity (Wildman–Crippen MR) is 137 cm³/mol. The number of unbranched alkanes of at least 4 members (excludes halogenated alkanes) is 2. The number of para-hydroxylation sites is 2. The fraction of sp³-hybridized carbons (Fsp3) is 0.400. The number of hydrogen-bond donors (Lipinski definition) is 1. The average Bonchev–Trinajstić information content (AvgIpc) is 3.19. The lowest BCUT2D eigenvalue weighted by atomic mass is 10.1. The van der Waals surface area contributed by atoms with E-state index >= 15 is 0 Å². The minimum Gasteiger partial charge on any atom is -0.346 e. The molecule has 0 saturated carbocycles. The highest BCUT2D eigenvalue weighted by Crippen LogP contribution is 2.23. The summed E-state index contributed by atoms with van der Waals surface area (Å²) in [5, 5.41) is 11.9. The molecular weight excluding hydrogens is 448 g/mol. The highest BCUT2D eigenvalue weighted by Gasteiger charge is 2.20. The van der Waals surface area contributed by atoms with Crippen molar-refractivity contribution in [3.05, 3.63) is 64.7 Å². The number of nitrogens with zero attached hydrogens (tertiary/aromatic N) is 5. The van der Waals surface area contributed by atoms with Gasteiger partial charge in [0.2, 0.25) is 5.91 Å². The van der Waals surface area contributed by atoms with E-state index in [0.29, 0.717) is 23.9 Å². The van der Waals surface area contributed by atoms with Gasteiger partial charge in [-0.3, -0.25) is 9.59 Å². The molecule has 2 aromatic carbocycles. The van der Waals surface area contributed by atoms with Crippen LogP contribution in [-0.4, -0.2) is 42.5 Å². The number of thioether (sulfide) groups is 1. The van der Waals surface area contributed by atoms with Crippen LogP contribution < -0.4 is 10.9 Å². The summed E-state index contributed by atoms with van der Waals surface area (Å²) < 4.78 is 3.48. The first-order chi connectivity index (χ1) is 16.6. The van der Waals surface area contributed by atoms with Crippen molar-refractivity contribution in [3.8, 4) is 0 Å². The minimum absolute atomic E-state index is 0.0285. The third-order valence-electron chi connectivity index (χ3n) is 5.98. The number of carbonyl (C=O) groups is 1. The van der Waals surface area contributed by atoms with E-state index in [9.17, 15) is 9.59 Å². The van der Waals surface area contributed by atoms with E-state index in [-0.39, 0.29) is 17.5 Å². The van der Waals surface area contributed by atoms with Crippen LogP contribution in [0.2, 0.25) is 0 Å². The molecule has 0 radical (unpaired) electrons. The summed E-state index contributed by atoms with van der Waals surface area (Å²) in [6.07, 6.45) is 5.68. The van der Waals surface area contributed by atoms with Crippen LogP contribution in [0.25, 0.3) is 21.9 Å². The molecule has 4 rings (SSSR count). The molecule has 0 aliphatic rings. The second-order valence-electron chi connectivity index (χ2n) is 8.36. The van der Waals surface area contributed by atoms with E-state index in [1.165, 1.54) is 4.68 Å². The lowest BCUT2D eigenvalue weighted by Crippen LogP contribution is -2.30. The third-order valence-corrected chi connectivity index (χ3v) is 6.63. The molecule has 0 fully saturated rings. The number of aromatic nitrogens is 5. The van der Waals surface area contributed by atoms with Crippen molar-refractivity contribution in [1.29, 1.82) is 0 Å². The van der Waals surface area contributed by atoms with E-state index in [1.807, 2.05) is 43.4 Å². The molecule has 0 spiro atoms. The lowest BCUT2D eigenvalue weighted by Gasteiger charge is -2.18. The molecule has 2 aromatic heterocycles. The molecule has 9 heteroatoms. The predicted octanol–water partition coefficient (Wildman–Crippen LogP) is 3.85. The van der Waals surface area contributed by atoms with Crippen molar-refractivity contribution < 1.29 is 4.79 Å². The van der Waals surface area contributed by atoms with Crippen molar-refractivity contribution in [2.45, 2.75) is 44.7 Å². The molecule has 4 aromatic rings. The number of nitrogens with one attached hydrogen (secondary N) is 1. The number of imidazole rings is 1. The molecule has 34 heavy (non-hydrogen) atoms. The topological polar surface area (TPSA) is 94.7 Å². The van der Waals surface area contributed by atoms with Gasteiger partial charge >= 0.3 is 0 Å². The second-order valence-corrected chi connectivity index (χ2v) is 9.35. The zero-order valence-electron chi connectivity index (χ0n) is 19.6. The van der Waals surface area contributed by atoms with Crippen LogP contribution in [0, 0.1) is 0 Å². The van der Waals surface area contributed by atoms with Crippen molar-refractivity contribution >= 4 is 39.6 Å². The van der Waals surface area contributed by atoms with E-state index in [0.717, 1.165) is 48.3 Å². The van der Waals surface area contributed by atoms with E-state index in [4.69, 9.17) is 4.98 Å². The maximum absolute atomic E-state index is 12.7. The molecule has 0 aliphatic carbocycles. The Balaban J connectivity index is 1.30.